The van der Waals surface area contributed by atoms with E-state index >= 15 is 0 Å². The largest absolute Gasteiger partial charge is 0.406 e. The highest BCUT2D eigenvalue weighted by molar-refractivity contribution is 5.84. The van der Waals surface area contributed by atoms with Crippen molar-refractivity contribution in [2.75, 3.05) is 39.8 Å². The van der Waals surface area contributed by atoms with E-state index in [1.54, 1.807) is 0 Å². The van der Waals surface area contributed by atoms with Gasteiger partial charge >= 0.3 is 6.18 Å². The maximum atomic E-state index is 12.3. The highest BCUT2D eigenvalue weighted by Crippen LogP contribution is 2.15. The lowest BCUT2D eigenvalue weighted by atomic mass is 10.0. The van der Waals surface area contributed by atoms with Gasteiger partial charge < -0.3 is 20.6 Å². The van der Waals surface area contributed by atoms with Crippen molar-refractivity contribution in [3.8, 4) is 0 Å². The Balaban J connectivity index is 4.57. The predicted octanol–water partition coefficient (Wildman–Crippen LogP) is 1.36. The van der Waals surface area contributed by atoms with Crippen molar-refractivity contribution >= 4 is 11.9 Å². The molecule has 0 aliphatic heterocycles. The molecule has 1 amide bonds. The summed E-state index contributed by atoms with van der Waals surface area (Å²) >= 11 is 0. The molecule has 1 atom stereocenters. The summed E-state index contributed by atoms with van der Waals surface area (Å²) in [6, 6.07) is 0. The van der Waals surface area contributed by atoms with Gasteiger partial charge in [0.25, 0.3) is 0 Å². The Hall–Kier alpha value is -1.51. The third kappa shape index (κ3) is 11.1. The van der Waals surface area contributed by atoms with Crippen LogP contribution in [0.2, 0.25) is 0 Å². The Kier molecular flexibility index (Phi) is 11.2. The number of likely N-dealkylation sites (N-methyl/N-ethyl adjacent to an activating group) is 1. The molecule has 0 heterocycles. The number of aliphatic hydroxyl groups excluding tert-OH is 1. The van der Waals surface area contributed by atoms with Gasteiger partial charge in [0.15, 0.2) is 5.96 Å². The summed E-state index contributed by atoms with van der Waals surface area (Å²) in [6.45, 7) is 3.50. The van der Waals surface area contributed by atoms with Crippen LogP contribution in [0.15, 0.2) is 4.99 Å². The normalized spacial score (nSPS) is 13.5. The van der Waals surface area contributed by atoms with Crippen molar-refractivity contribution in [3.05, 3.63) is 0 Å². The number of amides is 1. The Bertz CT molecular complexity index is 383. The molecule has 0 aliphatic rings. The zero-order chi connectivity index (χ0) is 18.6. The number of hydrogen-bond donors (Lipinski definition) is 3. The molecule has 0 radical (unpaired) electrons. The molecular formula is C15H29F3N4O2. The number of carbonyl (C=O) groups excluding carboxylic acids is 1. The fourth-order valence-corrected chi connectivity index (χ4v) is 2.15. The third-order valence-electron chi connectivity index (χ3n) is 3.35. The molecule has 0 aromatic heterocycles. The highest BCUT2D eigenvalue weighted by Gasteiger charge is 2.31. The average Bonchev–Trinajstić information content (AvgIpc) is 2.48. The average molecular weight is 354 g/mol. The molecule has 3 N–H and O–H groups in total. The van der Waals surface area contributed by atoms with E-state index in [0.717, 1.165) is 19.9 Å². The lowest BCUT2D eigenvalue weighted by Crippen LogP contribution is -2.41. The zero-order valence-electron chi connectivity index (χ0n) is 14.6. The van der Waals surface area contributed by atoms with Gasteiger partial charge in [-0.25, -0.2) is 4.99 Å². The number of hydrogen-bond acceptors (Lipinski definition) is 3. The minimum atomic E-state index is -4.42. The van der Waals surface area contributed by atoms with Gasteiger partial charge in [-0.3, -0.25) is 4.79 Å². The Morgan fingerprint density at radius 1 is 1.25 bits per heavy atom. The first-order valence-electron chi connectivity index (χ1n) is 8.17. The summed E-state index contributed by atoms with van der Waals surface area (Å²) < 4.78 is 36.8. The number of nitrogens with one attached hydrogen (secondary N) is 2. The van der Waals surface area contributed by atoms with Gasteiger partial charge in [-0.1, -0.05) is 13.3 Å². The lowest BCUT2D eigenvalue weighted by Gasteiger charge is -2.20. The van der Waals surface area contributed by atoms with E-state index in [9.17, 15) is 18.0 Å². The van der Waals surface area contributed by atoms with E-state index in [-0.39, 0.29) is 19.1 Å². The minimum absolute atomic E-state index is 0.0980. The van der Waals surface area contributed by atoms with Gasteiger partial charge in [0.1, 0.15) is 13.1 Å². The molecule has 142 valence electrons. The van der Waals surface area contributed by atoms with E-state index in [1.807, 2.05) is 6.92 Å². The van der Waals surface area contributed by atoms with Crippen molar-refractivity contribution in [2.45, 2.75) is 39.3 Å². The molecule has 0 aromatic rings. The van der Waals surface area contributed by atoms with Gasteiger partial charge in [-0.15, -0.1) is 0 Å². The molecule has 0 saturated carbocycles. The first-order chi connectivity index (χ1) is 11.2. The van der Waals surface area contributed by atoms with E-state index in [0.29, 0.717) is 30.4 Å². The Labute approximate surface area is 141 Å². The summed E-state index contributed by atoms with van der Waals surface area (Å²) in [5.74, 6) is -0.0530. The van der Waals surface area contributed by atoms with Crippen molar-refractivity contribution in [1.82, 2.24) is 15.5 Å². The Morgan fingerprint density at radius 2 is 1.92 bits per heavy atom. The fourth-order valence-electron chi connectivity index (χ4n) is 2.15. The standard InChI is InChI=1S/C15H29F3N4O2/c1-4-6-12(7-8-23)9-20-14(19-5-2)21-10-13(24)22(3)11-15(16,17)18/h12,23H,4-11H2,1-3H3,(H2,19,20,21). The fraction of sp³-hybridized carbons (Fsp3) is 0.867. The van der Waals surface area contributed by atoms with Gasteiger partial charge in [-0.2, -0.15) is 13.2 Å². The minimum Gasteiger partial charge on any atom is -0.396 e. The Morgan fingerprint density at radius 3 is 2.42 bits per heavy atom. The lowest BCUT2D eigenvalue weighted by molar-refractivity contribution is -0.157. The second kappa shape index (κ2) is 11.9. The second-order valence-electron chi connectivity index (χ2n) is 5.61. The smallest absolute Gasteiger partial charge is 0.396 e. The number of halogens is 3. The van der Waals surface area contributed by atoms with Crippen LogP contribution in [0.1, 0.15) is 33.1 Å². The number of carbonyl (C=O) groups is 1. The number of aliphatic imine (C=N–C) groups is 1. The third-order valence-corrected chi connectivity index (χ3v) is 3.35. The van der Waals surface area contributed by atoms with E-state index in [1.165, 1.54) is 0 Å². The van der Waals surface area contributed by atoms with Gasteiger partial charge in [0, 0.05) is 26.7 Å². The molecule has 0 fully saturated rings. The van der Waals surface area contributed by atoms with Crippen LogP contribution in [0.4, 0.5) is 13.2 Å². The summed E-state index contributed by atoms with van der Waals surface area (Å²) in [5.41, 5.74) is 0. The molecule has 0 bridgehead atoms. The quantitative estimate of drug-likeness (QED) is 0.409. The topological polar surface area (TPSA) is 77.0 Å². The molecule has 0 saturated heterocycles. The predicted molar refractivity (Wildman–Crippen MR) is 87.8 cm³/mol. The first-order valence-corrected chi connectivity index (χ1v) is 8.17. The molecule has 6 nitrogen and oxygen atoms in total. The summed E-state index contributed by atoms with van der Waals surface area (Å²) in [6.07, 6.45) is -1.83. The van der Waals surface area contributed by atoms with Crippen LogP contribution in [0.3, 0.4) is 0 Å². The number of aliphatic hydroxyl groups is 1. The van der Waals surface area contributed by atoms with Crippen molar-refractivity contribution in [2.24, 2.45) is 10.9 Å². The molecule has 0 rings (SSSR count). The second-order valence-corrected chi connectivity index (χ2v) is 5.61. The van der Waals surface area contributed by atoms with E-state index < -0.39 is 18.6 Å². The van der Waals surface area contributed by atoms with Crippen LogP contribution in [0, 0.1) is 5.92 Å². The monoisotopic (exact) mass is 354 g/mol. The summed E-state index contributed by atoms with van der Waals surface area (Å²) in [7, 11) is 1.10. The number of nitrogens with zero attached hydrogens (tertiary/aromatic N) is 2. The molecular weight excluding hydrogens is 325 g/mol. The SMILES string of the molecule is CCCC(CCO)CNC(=NCC(=O)N(C)CC(F)(F)F)NCC. The maximum absolute atomic E-state index is 12.3. The summed E-state index contributed by atoms with van der Waals surface area (Å²) in [4.78, 5) is 16.3. The van der Waals surface area contributed by atoms with Crippen LogP contribution in [0.25, 0.3) is 0 Å². The zero-order valence-corrected chi connectivity index (χ0v) is 14.6. The number of guanidine groups is 1. The van der Waals surface area contributed by atoms with Crippen molar-refractivity contribution in [1.29, 1.82) is 0 Å². The van der Waals surface area contributed by atoms with Crippen molar-refractivity contribution in [3.63, 3.8) is 0 Å². The van der Waals surface area contributed by atoms with Crippen LogP contribution >= 0.6 is 0 Å². The number of alkyl halides is 3. The van der Waals surface area contributed by atoms with Crippen molar-refractivity contribution < 1.29 is 23.1 Å². The van der Waals surface area contributed by atoms with Crippen LogP contribution in [-0.2, 0) is 4.79 Å². The van der Waals surface area contributed by atoms with Gasteiger partial charge in [0.2, 0.25) is 5.91 Å². The molecule has 24 heavy (non-hydrogen) atoms. The summed E-state index contributed by atoms with van der Waals surface area (Å²) in [5, 5.41) is 15.1. The van der Waals surface area contributed by atoms with E-state index in [2.05, 4.69) is 22.5 Å². The van der Waals surface area contributed by atoms with Crippen LogP contribution in [0.5, 0.6) is 0 Å². The molecule has 9 heteroatoms. The maximum Gasteiger partial charge on any atom is 0.406 e. The highest BCUT2D eigenvalue weighted by atomic mass is 19.4. The van der Waals surface area contributed by atoms with E-state index in [4.69, 9.17) is 5.11 Å². The molecule has 0 spiro atoms. The first kappa shape index (κ1) is 22.5. The number of rotatable bonds is 10. The molecule has 1 unspecified atom stereocenters. The van der Waals surface area contributed by atoms with Crippen LogP contribution < -0.4 is 10.6 Å². The van der Waals surface area contributed by atoms with Gasteiger partial charge in [0.05, 0.1) is 0 Å². The van der Waals surface area contributed by atoms with Crippen LogP contribution in [-0.4, -0.2) is 67.9 Å². The van der Waals surface area contributed by atoms with Gasteiger partial charge in [-0.05, 0) is 25.7 Å². The molecule has 0 aromatic carbocycles. The molecule has 0 aliphatic carbocycles.